The number of thioether (sulfide) groups is 1. The third kappa shape index (κ3) is 5.47. The molecule has 2 heterocycles. The number of para-hydroxylation sites is 1. The summed E-state index contributed by atoms with van der Waals surface area (Å²) in [6, 6.07) is 3.19. The number of alkyl halides is 3. The van der Waals surface area contributed by atoms with Crippen molar-refractivity contribution >= 4 is 23.8 Å². The van der Waals surface area contributed by atoms with Gasteiger partial charge >= 0.3 is 18.4 Å². The standard InChI is InChI=1S/C20H23F3N4O4S/c1-30-18(28)14(8-10-32-2)26-19(29)27-9-7-13-16(25-11-24-13)17(27)12-5-3-4-6-15(12)31-20(21,22)23/h3-6,11,14,17H,7-10H2,1-2H3,(H,24,25)(H,26,29)/t14-,17?/m0/s1. The summed E-state index contributed by atoms with van der Waals surface area (Å²) in [7, 11) is 1.23. The number of amides is 2. The molecule has 1 aromatic carbocycles. The first-order valence-electron chi connectivity index (χ1n) is 9.76. The van der Waals surface area contributed by atoms with Gasteiger partial charge in [0.25, 0.3) is 0 Å². The second kappa shape index (κ2) is 10.2. The predicted molar refractivity (Wildman–Crippen MR) is 111 cm³/mol. The Hall–Kier alpha value is -2.89. The maximum Gasteiger partial charge on any atom is 0.573 e. The number of nitrogens with zero attached hydrogens (tertiary/aromatic N) is 2. The van der Waals surface area contributed by atoms with Gasteiger partial charge in [-0.05, 0) is 24.5 Å². The number of aromatic amines is 1. The van der Waals surface area contributed by atoms with E-state index in [4.69, 9.17) is 4.74 Å². The fourth-order valence-electron chi connectivity index (χ4n) is 3.59. The zero-order chi connectivity index (χ0) is 23.3. The summed E-state index contributed by atoms with van der Waals surface area (Å²) in [5, 5.41) is 2.66. The molecule has 12 heteroatoms. The number of halogens is 3. The van der Waals surface area contributed by atoms with E-state index in [1.165, 1.54) is 48.3 Å². The number of imidazole rings is 1. The van der Waals surface area contributed by atoms with Gasteiger partial charge in [-0.1, -0.05) is 18.2 Å². The lowest BCUT2D eigenvalue weighted by atomic mass is 9.95. The van der Waals surface area contributed by atoms with E-state index in [1.54, 1.807) is 6.07 Å². The Bertz CT molecular complexity index is 953. The van der Waals surface area contributed by atoms with Gasteiger partial charge in [0.05, 0.1) is 19.1 Å². The van der Waals surface area contributed by atoms with Crippen LogP contribution in [0.1, 0.15) is 29.4 Å². The van der Waals surface area contributed by atoms with Gasteiger partial charge in [0.15, 0.2) is 0 Å². The third-order valence-electron chi connectivity index (χ3n) is 5.02. The molecule has 1 aromatic heterocycles. The number of hydrogen-bond donors (Lipinski definition) is 2. The molecule has 0 aliphatic carbocycles. The molecule has 3 rings (SSSR count). The molecule has 174 valence electrons. The Morgan fingerprint density at radius 1 is 1.38 bits per heavy atom. The topological polar surface area (TPSA) is 96.6 Å². The van der Waals surface area contributed by atoms with Gasteiger partial charge in [-0.25, -0.2) is 14.6 Å². The molecule has 0 fully saturated rings. The number of carbonyl (C=O) groups is 2. The van der Waals surface area contributed by atoms with Crippen LogP contribution in [-0.2, 0) is 16.0 Å². The zero-order valence-electron chi connectivity index (χ0n) is 17.4. The molecule has 1 unspecified atom stereocenters. The molecule has 2 amide bonds. The van der Waals surface area contributed by atoms with Crippen LogP contribution >= 0.6 is 11.8 Å². The summed E-state index contributed by atoms with van der Waals surface area (Å²) in [5.74, 6) is -0.414. The highest BCUT2D eigenvalue weighted by molar-refractivity contribution is 7.98. The zero-order valence-corrected chi connectivity index (χ0v) is 18.3. The fraction of sp³-hybridized carbons (Fsp3) is 0.450. The average molecular weight is 472 g/mol. The van der Waals surface area contributed by atoms with E-state index in [9.17, 15) is 22.8 Å². The van der Waals surface area contributed by atoms with Gasteiger partial charge in [0.2, 0.25) is 0 Å². The number of esters is 1. The summed E-state index contributed by atoms with van der Waals surface area (Å²) in [6.07, 6.45) is -0.829. The molecule has 2 N–H and O–H groups in total. The molecule has 32 heavy (non-hydrogen) atoms. The number of fused-ring (bicyclic) bond motifs is 1. The van der Waals surface area contributed by atoms with E-state index in [0.717, 1.165) is 0 Å². The Labute approximate surface area is 186 Å². The fourth-order valence-corrected chi connectivity index (χ4v) is 4.06. The van der Waals surface area contributed by atoms with Crippen LogP contribution in [-0.4, -0.2) is 64.9 Å². The van der Waals surface area contributed by atoms with Crippen molar-refractivity contribution in [1.29, 1.82) is 0 Å². The van der Waals surface area contributed by atoms with Crippen molar-refractivity contribution in [2.24, 2.45) is 0 Å². The molecule has 1 aliphatic rings. The number of nitrogens with one attached hydrogen (secondary N) is 2. The number of aromatic nitrogens is 2. The number of carbonyl (C=O) groups excluding carboxylic acids is 2. The highest BCUT2D eigenvalue weighted by Crippen LogP contribution is 2.39. The van der Waals surface area contributed by atoms with Gasteiger partial charge < -0.3 is 24.7 Å². The number of methoxy groups -OCH3 is 1. The molecule has 0 saturated carbocycles. The summed E-state index contributed by atoms with van der Waals surface area (Å²) >= 11 is 1.51. The Kier molecular flexibility index (Phi) is 7.54. The van der Waals surface area contributed by atoms with Crippen LogP contribution in [0, 0.1) is 0 Å². The number of H-pyrrole nitrogens is 1. The summed E-state index contributed by atoms with van der Waals surface area (Å²) in [6.45, 7) is 0.197. The molecular weight excluding hydrogens is 449 g/mol. The van der Waals surface area contributed by atoms with Crippen molar-refractivity contribution in [3.05, 3.63) is 47.5 Å². The molecule has 1 aliphatic heterocycles. The molecule has 0 spiro atoms. The van der Waals surface area contributed by atoms with Gasteiger partial charge in [-0.2, -0.15) is 11.8 Å². The maximum absolute atomic E-state index is 13.2. The van der Waals surface area contributed by atoms with Crippen molar-refractivity contribution in [2.45, 2.75) is 31.3 Å². The lowest BCUT2D eigenvalue weighted by molar-refractivity contribution is -0.275. The SMILES string of the molecule is COC(=O)[C@H](CCSC)NC(=O)N1CCc2[nH]cnc2C1c1ccccc1OC(F)(F)F. The molecular formula is C20H23F3N4O4S. The van der Waals surface area contributed by atoms with Crippen LogP contribution < -0.4 is 10.1 Å². The van der Waals surface area contributed by atoms with Crippen molar-refractivity contribution in [1.82, 2.24) is 20.2 Å². The van der Waals surface area contributed by atoms with Gasteiger partial charge in [0, 0.05) is 24.2 Å². The molecule has 0 bridgehead atoms. The minimum atomic E-state index is -4.90. The third-order valence-corrected chi connectivity index (χ3v) is 5.66. The van der Waals surface area contributed by atoms with Crippen molar-refractivity contribution in [3.8, 4) is 5.75 Å². The Morgan fingerprint density at radius 2 is 2.12 bits per heavy atom. The van der Waals surface area contributed by atoms with Gasteiger partial charge in [-0.3, -0.25) is 0 Å². The first kappa shape index (κ1) is 23.8. The van der Waals surface area contributed by atoms with Crippen molar-refractivity contribution in [3.63, 3.8) is 0 Å². The monoisotopic (exact) mass is 472 g/mol. The van der Waals surface area contributed by atoms with Gasteiger partial charge in [-0.15, -0.1) is 13.2 Å². The lowest BCUT2D eigenvalue weighted by Gasteiger charge is -2.36. The number of benzene rings is 1. The number of urea groups is 1. The summed E-state index contributed by atoms with van der Waals surface area (Å²) in [4.78, 5) is 33.9. The summed E-state index contributed by atoms with van der Waals surface area (Å²) in [5.41, 5.74) is 1.27. The van der Waals surface area contributed by atoms with Crippen molar-refractivity contribution in [2.75, 3.05) is 25.7 Å². The second-order valence-electron chi connectivity index (χ2n) is 7.00. The van der Waals surface area contributed by atoms with Crippen molar-refractivity contribution < 1.29 is 32.2 Å². The van der Waals surface area contributed by atoms with E-state index in [-0.39, 0.29) is 12.1 Å². The predicted octanol–water partition coefficient (Wildman–Crippen LogP) is 3.26. The smallest absolute Gasteiger partial charge is 0.467 e. The number of ether oxygens (including phenoxy) is 2. The largest absolute Gasteiger partial charge is 0.573 e. The average Bonchev–Trinajstić information content (AvgIpc) is 3.23. The quantitative estimate of drug-likeness (QED) is 0.601. The number of hydrogen-bond acceptors (Lipinski definition) is 6. The molecule has 0 saturated heterocycles. The van der Waals surface area contributed by atoms with E-state index in [1.807, 2.05) is 6.26 Å². The minimum Gasteiger partial charge on any atom is -0.467 e. The van der Waals surface area contributed by atoms with Crippen LogP contribution in [0.15, 0.2) is 30.6 Å². The Balaban J connectivity index is 1.96. The second-order valence-corrected chi connectivity index (χ2v) is 7.99. The first-order chi connectivity index (χ1) is 15.2. The van der Waals surface area contributed by atoms with Crippen LogP contribution in [0.2, 0.25) is 0 Å². The normalized spacial score (nSPS) is 16.8. The van der Waals surface area contributed by atoms with E-state index >= 15 is 0 Å². The van der Waals surface area contributed by atoms with Crippen LogP contribution in [0.4, 0.5) is 18.0 Å². The van der Waals surface area contributed by atoms with Crippen LogP contribution in [0.3, 0.4) is 0 Å². The number of rotatable bonds is 7. The van der Waals surface area contributed by atoms with E-state index in [2.05, 4.69) is 20.0 Å². The molecule has 0 radical (unpaired) electrons. The molecule has 2 aromatic rings. The lowest BCUT2D eigenvalue weighted by Crippen LogP contribution is -2.51. The maximum atomic E-state index is 13.2. The van der Waals surface area contributed by atoms with Crippen LogP contribution in [0.25, 0.3) is 0 Å². The van der Waals surface area contributed by atoms with Crippen LogP contribution in [0.5, 0.6) is 5.75 Å². The van der Waals surface area contributed by atoms with E-state index in [0.29, 0.717) is 30.0 Å². The highest BCUT2D eigenvalue weighted by atomic mass is 32.2. The first-order valence-corrected chi connectivity index (χ1v) is 11.1. The molecule has 8 nitrogen and oxygen atoms in total. The highest BCUT2D eigenvalue weighted by Gasteiger charge is 2.39. The minimum absolute atomic E-state index is 0.131. The van der Waals surface area contributed by atoms with Gasteiger partial charge in [0.1, 0.15) is 17.8 Å². The molecule has 2 atom stereocenters. The Morgan fingerprint density at radius 3 is 2.81 bits per heavy atom. The van der Waals surface area contributed by atoms with E-state index < -0.39 is 36.2 Å². The summed E-state index contributed by atoms with van der Waals surface area (Å²) < 4.78 is 48.0.